The molecule has 0 heterocycles. The van der Waals surface area contributed by atoms with Gasteiger partial charge in [0.2, 0.25) is 0 Å². The Morgan fingerprint density at radius 3 is 2.25 bits per heavy atom. The lowest BCUT2D eigenvalue weighted by molar-refractivity contribution is -0.139. The summed E-state index contributed by atoms with van der Waals surface area (Å²) in [5.74, 6) is 0.505. The fourth-order valence-electron chi connectivity index (χ4n) is 2.87. The van der Waals surface area contributed by atoms with Gasteiger partial charge in [-0.25, -0.2) is 0 Å². The van der Waals surface area contributed by atoms with Gasteiger partial charge >= 0.3 is 6.18 Å². The fourth-order valence-corrected chi connectivity index (χ4v) is 2.87. The predicted octanol–water partition coefficient (Wildman–Crippen LogP) is 4.31. The third-order valence-electron chi connectivity index (χ3n) is 4.82. The predicted molar refractivity (Wildman–Crippen MR) is 104 cm³/mol. The van der Waals surface area contributed by atoms with Gasteiger partial charge in [-0.1, -0.05) is 45.6 Å². The number of halogens is 3. The lowest BCUT2D eigenvalue weighted by atomic mass is 9.93. The van der Waals surface area contributed by atoms with Crippen LogP contribution in [0.4, 0.5) is 13.2 Å². The molecule has 1 aromatic carbocycles. The van der Waals surface area contributed by atoms with Crippen LogP contribution < -0.4 is 10.5 Å². The molecule has 1 aromatic rings. The van der Waals surface area contributed by atoms with Crippen molar-refractivity contribution in [1.29, 1.82) is 0 Å². The summed E-state index contributed by atoms with van der Waals surface area (Å²) in [6, 6.07) is 3.97. The number of nitrogens with two attached hydrogens (primary N) is 1. The maximum Gasteiger partial charge on any atom is 0.419 e. The average Bonchev–Trinajstić information content (AvgIpc) is 2.64. The third-order valence-corrected chi connectivity index (χ3v) is 4.82. The Morgan fingerprint density at radius 1 is 1.04 bits per heavy atom. The summed E-state index contributed by atoms with van der Waals surface area (Å²) in [5.41, 5.74) is 4.21. The highest BCUT2D eigenvalue weighted by Gasteiger charge is 2.35. The first-order valence-electron chi connectivity index (χ1n) is 9.95. The van der Waals surface area contributed by atoms with Crippen LogP contribution in [0, 0.1) is 5.92 Å². The highest BCUT2D eigenvalue weighted by atomic mass is 19.4. The van der Waals surface area contributed by atoms with E-state index in [2.05, 4.69) is 13.8 Å². The van der Waals surface area contributed by atoms with E-state index >= 15 is 0 Å². The standard InChI is InChI=1S/C21H34F3NO3/c1-16(2)7-5-3-4-6-12-28-19-9-8-17(13-18(19)21(22,23)24)10-11-20(25,14-26)15-27/h8-9,13,16,26-27H,3-7,10-12,14-15,25H2,1-2H3. The summed E-state index contributed by atoms with van der Waals surface area (Å²) in [6.45, 7) is 3.73. The monoisotopic (exact) mass is 405 g/mol. The minimum absolute atomic E-state index is 0.165. The van der Waals surface area contributed by atoms with Gasteiger partial charge in [-0.3, -0.25) is 0 Å². The Kier molecular flexibility index (Phi) is 10.3. The third kappa shape index (κ3) is 8.80. The molecule has 0 bridgehead atoms. The smallest absolute Gasteiger partial charge is 0.419 e. The second-order valence-electron chi connectivity index (χ2n) is 7.95. The molecule has 0 atom stereocenters. The number of aryl methyl sites for hydroxylation is 1. The van der Waals surface area contributed by atoms with E-state index in [1.807, 2.05) is 0 Å². The molecule has 0 amide bonds. The van der Waals surface area contributed by atoms with Crippen molar-refractivity contribution in [3.8, 4) is 5.75 Å². The zero-order valence-electron chi connectivity index (χ0n) is 16.9. The molecule has 4 N–H and O–H groups in total. The Hall–Kier alpha value is -1.31. The number of alkyl halides is 3. The zero-order valence-corrected chi connectivity index (χ0v) is 16.9. The topological polar surface area (TPSA) is 75.7 Å². The van der Waals surface area contributed by atoms with E-state index in [0.717, 1.165) is 38.2 Å². The molecule has 0 saturated carbocycles. The molecule has 7 heteroatoms. The summed E-state index contributed by atoms with van der Waals surface area (Å²) < 4.78 is 45.6. The number of unbranched alkanes of at least 4 members (excludes halogenated alkanes) is 3. The summed E-state index contributed by atoms with van der Waals surface area (Å²) in [4.78, 5) is 0. The first-order chi connectivity index (χ1) is 13.1. The average molecular weight is 406 g/mol. The first-order valence-corrected chi connectivity index (χ1v) is 9.95. The number of aliphatic hydroxyl groups excluding tert-OH is 2. The minimum Gasteiger partial charge on any atom is -0.493 e. The van der Waals surface area contributed by atoms with Crippen LogP contribution in [-0.2, 0) is 12.6 Å². The zero-order chi connectivity index (χ0) is 21.2. The quantitative estimate of drug-likeness (QED) is 0.428. The normalized spacial score (nSPS) is 12.6. The molecule has 0 aliphatic carbocycles. The number of ether oxygens (including phenoxy) is 1. The molecule has 0 radical (unpaired) electrons. The van der Waals surface area contributed by atoms with Crippen LogP contribution in [-0.4, -0.2) is 35.6 Å². The van der Waals surface area contributed by atoms with Crippen molar-refractivity contribution in [2.75, 3.05) is 19.8 Å². The Balaban J connectivity index is 2.64. The van der Waals surface area contributed by atoms with Crippen LogP contribution in [0.15, 0.2) is 18.2 Å². The van der Waals surface area contributed by atoms with Gasteiger partial charge in [-0.2, -0.15) is 13.2 Å². The van der Waals surface area contributed by atoms with E-state index in [9.17, 15) is 23.4 Å². The van der Waals surface area contributed by atoms with Gasteiger partial charge in [0.25, 0.3) is 0 Å². The van der Waals surface area contributed by atoms with Crippen LogP contribution in [0.1, 0.15) is 63.5 Å². The molecule has 162 valence electrons. The SMILES string of the molecule is CC(C)CCCCCCOc1ccc(CCC(N)(CO)CO)cc1C(F)(F)F. The molecule has 0 aromatic heterocycles. The molecule has 0 fully saturated rings. The van der Waals surface area contributed by atoms with Crippen molar-refractivity contribution in [2.24, 2.45) is 11.7 Å². The van der Waals surface area contributed by atoms with E-state index in [0.29, 0.717) is 11.5 Å². The minimum atomic E-state index is -4.52. The second kappa shape index (κ2) is 11.6. The largest absolute Gasteiger partial charge is 0.493 e. The van der Waals surface area contributed by atoms with Crippen LogP contribution in [0.2, 0.25) is 0 Å². The lowest BCUT2D eigenvalue weighted by Crippen LogP contribution is -2.47. The van der Waals surface area contributed by atoms with Gasteiger partial charge in [0.1, 0.15) is 5.75 Å². The lowest BCUT2D eigenvalue weighted by Gasteiger charge is -2.24. The molecule has 0 aliphatic rings. The van der Waals surface area contributed by atoms with Gasteiger partial charge in [-0.15, -0.1) is 0 Å². The molecule has 4 nitrogen and oxygen atoms in total. The number of hydrogen-bond donors (Lipinski definition) is 3. The summed E-state index contributed by atoms with van der Waals surface area (Å²) in [5, 5.41) is 18.4. The molecule has 0 unspecified atom stereocenters. The molecular formula is C21H34F3NO3. The highest BCUT2D eigenvalue weighted by Crippen LogP contribution is 2.37. The maximum atomic E-state index is 13.4. The van der Waals surface area contributed by atoms with Gasteiger partial charge in [-0.05, 0) is 42.9 Å². The number of benzene rings is 1. The van der Waals surface area contributed by atoms with E-state index < -0.39 is 30.5 Å². The Labute approximate surface area is 165 Å². The molecule has 0 saturated heterocycles. The molecule has 28 heavy (non-hydrogen) atoms. The van der Waals surface area contributed by atoms with E-state index in [1.54, 1.807) is 6.07 Å². The van der Waals surface area contributed by atoms with E-state index in [1.165, 1.54) is 6.07 Å². The van der Waals surface area contributed by atoms with Crippen LogP contribution in [0.25, 0.3) is 0 Å². The van der Waals surface area contributed by atoms with E-state index in [-0.39, 0.29) is 25.2 Å². The molecule has 0 spiro atoms. The second-order valence-corrected chi connectivity index (χ2v) is 7.95. The van der Waals surface area contributed by atoms with Gasteiger partial charge in [0, 0.05) is 0 Å². The van der Waals surface area contributed by atoms with Crippen molar-refractivity contribution >= 4 is 0 Å². The van der Waals surface area contributed by atoms with Crippen LogP contribution in [0.5, 0.6) is 5.75 Å². The van der Waals surface area contributed by atoms with Gasteiger partial charge in [0.05, 0.1) is 30.9 Å². The van der Waals surface area contributed by atoms with Gasteiger partial charge < -0.3 is 20.7 Å². The number of hydrogen-bond acceptors (Lipinski definition) is 4. The van der Waals surface area contributed by atoms with Crippen molar-refractivity contribution in [1.82, 2.24) is 0 Å². The van der Waals surface area contributed by atoms with Gasteiger partial charge in [0.15, 0.2) is 0 Å². The van der Waals surface area contributed by atoms with Crippen molar-refractivity contribution in [2.45, 2.75) is 70.5 Å². The van der Waals surface area contributed by atoms with Crippen molar-refractivity contribution < 1.29 is 28.1 Å². The number of aliphatic hydroxyl groups is 2. The summed E-state index contributed by atoms with van der Waals surface area (Å²) in [6.07, 6.45) is 0.888. The highest BCUT2D eigenvalue weighted by molar-refractivity contribution is 5.39. The Morgan fingerprint density at radius 2 is 1.68 bits per heavy atom. The molecule has 1 rings (SSSR count). The van der Waals surface area contributed by atoms with Crippen LogP contribution >= 0.6 is 0 Å². The van der Waals surface area contributed by atoms with Crippen molar-refractivity contribution in [3.05, 3.63) is 29.3 Å². The van der Waals surface area contributed by atoms with Crippen LogP contribution in [0.3, 0.4) is 0 Å². The fraction of sp³-hybridized carbons (Fsp3) is 0.714. The first kappa shape index (κ1) is 24.7. The maximum absolute atomic E-state index is 13.4. The Bertz CT molecular complexity index is 573. The number of rotatable bonds is 13. The summed E-state index contributed by atoms with van der Waals surface area (Å²) in [7, 11) is 0. The summed E-state index contributed by atoms with van der Waals surface area (Å²) >= 11 is 0. The molecule has 0 aliphatic heterocycles. The van der Waals surface area contributed by atoms with Crippen molar-refractivity contribution in [3.63, 3.8) is 0 Å². The van der Waals surface area contributed by atoms with E-state index in [4.69, 9.17) is 10.5 Å². The molecular weight excluding hydrogens is 371 g/mol.